The fraction of sp³-hybridized carbons (Fsp3) is 0.167. The Balaban J connectivity index is 2.39. The van der Waals surface area contributed by atoms with Crippen LogP contribution in [0.15, 0.2) is 46.0 Å². The number of ether oxygens (including phenoxy) is 1. The first kappa shape index (κ1) is 12.9. The van der Waals surface area contributed by atoms with Crippen LogP contribution in [0.1, 0.15) is 0 Å². The third kappa shape index (κ3) is 2.34. The number of methoxy groups -OCH3 is 1. The average Bonchev–Trinajstić information content (AvgIpc) is 2.92. The SMILES string of the molecule is COc1cccc(N(C)S(=O)(=O)c2cccs2)c1. The Morgan fingerprint density at radius 1 is 1.22 bits per heavy atom. The molecule has 0 atom stereocenters. The van der Waals surface area contributed by atoms with Crippen molar-refractivity contribution in [3.05, 3.63) is 41.8 Å². The molecule has 0 aliphatic carbocycles. The normalized spacial score (nSPS) is 11.2. The number of benzene rings is 1. The molecule has 0 saturated heterocycles. The van der Waals surface area contributed by atoms with Crippen molar-refractivity contribution in [3.8, 4) is 5.75 Å². The van der Waals surface area contributed by atoms with Gasteiger partial charge in [-0.2, -0.15) is 0 Å². The molecule has 2 rings (SSSR count). The van der Waals surface area contributed by atoms with Crippen LogP contribution in [0.4, 0.5) is 5.69 Å². The van der Waals surface area contributed by atoms with E-state index in [2.05, 4.69) is 0 Å². The summed E-state index contributed by atoms with van der Waals surface area (Å²) in [4.78, 5) is 0. The second-order valence-corrected chi connectivity index (χ2v) is 6.75. The zero-order chi connectivity index (χ0) is 13.2. The summed E-state index contributed by atoms with van der Waals surface area (Å²) in [5.74, 6) is 0.626. The van der Waals surface area contributed by atoms with E-state index < -0.39 is 10.0 Å². The molecule has 0 aliphatic heterocycles. The van der Waals surface area contributed by atoms with E-state index in [1.165, 1.54) is 22.7 Å². The maximum atomic E-state index is 12.3. The van der Waals surface area contributed by atoms with E-state index in [9.17, 15) is 8.42 Å². The Bertz CT molecular complexity index is 621. The lowest BCUT2D eigenvalue weighted by atomic mass is 10.3. The highest BCUT2D eigenvalue weighted by Crippen LogP contribution is 2.27. The van der Waals surface area contributed by atoms with Gasteiger partial charge in [-0.1, -0.05) is 12.1 Å². The molecule has 0 N–H and O–H groups in total. The second-order valence-electron chi connectivity index (χ2n) is 3.61. The summed E-state index contributed by atoms with van der Waals surface area (Å²) in [6.07, 6.45) is 0. The first-order valence-corrected chi connectivity index (χ1v) is 7.54. The van der Waals surface area contributed by atoms with E-state index in [0.29, 0.717) is 15.6 Å². The van der Waals surface area contributed by atoms with Crippen molar-refractivity contribution >= 4 is 27.0 Å². The molecule has 0 radical (unpaired) electrons. The molecule has 2 aromatic rings. The molecule has 6 heteroatoms. The third-order valence-electron chi connectivity index (χ3n) is 2.53. The monoisotopic (exact) mass is 283 g/mol. The zero-order valence-electron chi connectivity index (χ0n) is 10.0. The van der Waals surface area contributed by atoms with Gasteiger partial charge in [0.05, 0.1) is 12.8 Å². The van der Waals surface area contributed by atoms with Gasteiger partial charge in [-0.15, -0.1) is 11.3 Å². The Morgan fingerprint density at radius 3 is 2.61 bits per heavy atom. The number of hydrogen-bond acceptors (Lipinski definition) is 4. The highest BCUT2D eigenvalue weighted by molar-refractivity contribution is 7.94. The lowest BCUT2D eigenvalue weighted by Crippen LogP contribution is -2.25. The molecular weight excluding hydrogens is 270 g/mol. The molecule has 4 nitrogen and oxygen atoms in total. The van der Waals surface area contributed by atoms with Gasteiger partial charge in [0.1, 0.15) is 9.96 Å². The fourth-order valence-corrected chi connectivity index (χ4v) is 3.84. The van der Waals surface area contributed by atoms with Crippen LogP contribution in [0.5, 0.6) is 5.75 Å². The first-order chi connectivity index (χ1) is 8.55. The number of thiophene rings is 1. The minimum Gasteiger partial charge on any atom is -0.497 e. The number of sulfonamides is 1. The molecule has 0 aliphatic rings. The molecule has 18 heavy (non-hydrogen) atoms. The van der Waals surface area contributed by atoms with Gasteiger partial charge in [0.25, 0.3) is 10.0 Å². The van der Waals surface area contributed by atoms with Crippen molar-refractivity contribution in [3.63, 3.8) is 0 Å². The summed E-state index contributed by atoms with van der Waals surface area (Å²) in [5, 5.41) is 1.74. The standard InChI is InChI=1S/C12H13NO3S2/c1-13(10-5-3-6-11(9-10)16-2)18(14,15)12-7-4-8-17-12/h3-9H,1-2H3. The Hall–Kier alpha value is -1.53. The van der Waals surface area contributed by atoms with Gasteiger partial charge in [0, 0.05) is 13.1 Å². The van der Waals surface area contributed by atoms with Gasteiger partial charge in [0.2, 0.25) is 0 Å². The predicted molar refractivity (Wildman–Crippen MR) is 72.9 cm³/mol. The number of rotatable bonds is 4. The van der Waals surface area contributed by atoms with Crippen molar-refractivity contribution in [1.29, 1.82) is 0 Å². The maximum Gasteiger partial charge on any atom is 0.273 e. The molecule has 1 aromatic heterocycles. The van der Waals surface area contributed by atoms with E-state index in [1.807, 2.05) is 0 Å². The van der Waals surface area contributed by atoms with Gasteiger partial charge < -0.3 is 4.74 Å². The molecule has 0 bridgehead atoms. The molecule has 0 unspecified atom stereocenters. The average molecular weight is 283 g/mol. The van der Waals surface area contributed by atoms with Crippen LogP contribution < -0.4 is 9.04 Å². The molecule has 1 heterocycles. The van der Waals surface area contributed by atoms with Gasteiger partial charge in [0.15, 0.2) is 0 Å². The lowest BCUT2D eigenvalue weighted by molar-refractivity contribution is 0.415. The molecule has 0 spiro atoms. The van der Waals surface area contributed by atoms with Crippen molar-refractivity contribution in [1.82, 2.24) is 0 Å². The van der Waals surface area contributed by atoms with Crippen LogP contribution in [-0.4, -0.2) is 22.6 Å². The van der Waals surface area contributed by atoms with Crippen LogP contribution in [-0.2, 0) is 10.0 Å². The topological polar surface area (TPSA) is 46.6 Å². The highest BCUT2D eigenvalue weighted by Gasteiger charge is 2.22. The summed E-state index contributed by atoms with van der Waals surface area (Å²) >= 11 is 1.20. The molecule has 0 saturated carbocycles. The number of anilines is 1. The summed E-state index contributed by atoms with van der Waals surface area (Å²) in [6, 6.07) is 10.3. The molecule has 96 valence electrons. The smallest absolute Gasteiger partial charge is 0.273 e. The molecular formula is C12H13NO3S2. The quantitative estimate of drug-likeness (QED) is 0.866. The van der Waals surface area contributed by atoms with Crippen molar-refractivity contribution in [2.75, 3.05) is 18.5 Å². The fourth-order valence-electron chi connectivity index (χ4n) is 1.49. The van der Waals surface area contributed by atoms with Gasteiger partial charge in [-0.3, -0.25) is 4.31 Å². The molecule has 0 amide bonds. The maximum absolute atomic E-state index is 12.3. The van der Waals surface area contributed by atoms with E-state index in [0.717, 1.165) is 0 Å². The number of nitrogens with zero attached hydrogens (tertiary/aromatic N) is 1. The van der Waals surface area contributed by atoms with E-state index in [-0.39, 0.29) is 0 Å². The first-order valence-electron chi connectivity index (χ1n) is 5.22. The van der Waals surface area contributed by atoms with Crippen LogP contribution >= 0.6 is 11.3 Å². The lowest BCUT2D eigenvalue weighted by Gasteiger charge is -2.18. The van der Waals surface area contributed by atoms with Crippen LogP contribution in [0.2, 0.25) is 0 Å². The van der Waals surface area contributed by atoms with Gasteiger partial charge >= 0.3 is 0 Å². The zero-order valence-corrected chi connectivity index (χ0v) is 11.7. The van der Waals surface area contributed by atoms with Gasteiger partial charge in [-0.25, -0.2) is 8.42 Å². The minimum absolute atomic E-state index is 0.327. The second kappa shape index (κ2) is 4.99. The summed E-state index contributed by atoms with van der Waals surface area (Å²) in [5.41, 5.74) is 0.572. The third-order valence-corrected chi connectivity index (χ3v) is 5.69. The Morgan fingerprint density at radius 2 is 2.00 bits per heavy atom. The molecule has 1 aromatic carbocycles. The predicted octanol–water partition coefficient (Wildman–Crippen LogP) is 2.58. The molecule has 0 fully saturated rings. The van der Waals surface area contributed by atoms with Crippen molar-refractivity contribution in [2.45, 2.75) is 4.21 Å². The summed E-state index contributed by atoms with van der Waals surface area (Å²) < 4.78 is 31.2. The highest BCUT2D eigenvalue weighted by atomic mass is 32.2. The van der Waals surface area contributed by atoms with Crippen molar-refractivity contribution in [2.24, 2.45) is 0 Å². The Labute approximate surface area is 110 Å². The van der Waals surface area contributed by atoms with E-state index >= 15 is 0 Å². The summed E-state index contributed by atoms with van der Waals surface area (Å²) in [6.45, 7) is 0. The van der Waals surface area contributed by atoms with Crippen molar-refractivity contribution < 1.29 is 13.2 Å². The van der Waals surface area contributed by atoms with E-state index in [4.69, 9.17) is 4.74 Å². The van der Waals surface area contributed by atoms with Crippen LogP contribution in [0.25, 0.3) is 0 Å². The van der Waals surface area contributed by atoms with Crippen LogP contribution in [0, 0.1) is 0 Å². The van der Waals surface area contributed by atoms with E-state index in [1.54, 1.807) is 48.9 Å². The minimum atomic E-state index is -3.48. The Kier molecular flexibility index (Phi) is 3.58. The largest absolute Gasteiger partial charge is 0.497 e. The summed E-state index contributed by atoms with van der Waals surface area (Å²) in [7, 11) is -0.397. The van der Waals surface area contributed by atoms with Crippen LogP contribution in [0.3, 0.4) is 0 Å². The number of hydrogen-bond donors (Lipinski definition) is 0. The van der Waals surface area contributed by atoms with Gasteiger partial charge in [-0.05, 0) is 23.6 Å².